The summed E-state index contributed by atoms with van der Waals surface area (Å²) in [6, 6.07) is 0. The summed E-state index contributed by atoms with van der Waals surface area (Å²) in [5.41, 5.74) is 0. The number of carbonyl (C=O) groups is 1. The lowest BCUT2D eigenvalue weighted by atomic mass is 10.1. The smallest absolute Gasteiger partial charge is 0.246 e. The quantitative estimate of drug-likeness (QED) is 0.700. The van der Waals surface area contributed by atoms with Gasteiger partial charge in [0.1, 0.15) is 0 Å². The first-order chi connectivity index (χ1) is 8.36. The van der Waals surface area contributed by atoms with E-state index in [0.29, 0.717) is 0 Å². The molecule has 0 aromatic rings. The summed E-state index contributed by atoms with van der Waals surface area (Å²) in [5.74, 6) is 0.210. The summed E-state index contributed by atoms with van der Waals surface area (Å²) in [6.45, 7) is 5.24. The molecule has 0 atom stereocenters. The second-order valence-electron chi connectivity index (χ2n) is 5.15. The molecule has 3 nitrogen and oxygen atoms in total. The molecular weight excluding hydrogens is 212 g/mol. The Morgan fingerprint density at radius 2 is 1.47 bits per heavy atom. The number of hydrogen-bond acceptors (Lipinski definition) is 2. The van der Waals surface area contributed by atoms with Gasteiger partial charge in [0.25, 0.3) is 0 Å². The fraction of sp³-hybridized carbons (Fsp3) is 0.786. The van der Waals surface area contributed by atoms with Gasteiger partial charge in [0.05, 0.1) is 0 Å². The van der Waals surface area contributed by atoms with Gasteiger partial charge in [0.2, 0.25) is 5.91 Å². The van der Waals surface area contributed by atoms with Crippen LogP contribution < -0.4 is 0 Å². The molecule has 0 N–H and O–H groups in total. The molecule has 96 valence electrons. The fourth-order valence-electron chi connectivity index (χ4n) is 2.66. The first-order valence-corrected chi connectivity index (χ1v) is 7.04. The highest BCUT2D eigenvalue weighted by Gasteiger charge is 2.13. The van der Waals surface area contributed by atoms with Crippen molar-refractivity contribution in [3.05, 3.63) is 12.2 Å². The molecule has 2 heterocycles. The Kier molecular flexibility index (Phi) is 5.05. The number of rotatable bonds is 3. The predicted octanol–water partition coefficient (Wildman–Crippen LogP) is 2.04. The Balaban J connectivity index is 1.69. The van der Waals surface area contributed by atoms with Crippen LogP contribution in [0.2, 0.25) is 0 Å². The van der Waals surface area contributed by atoms with Gasteiger partial charge in [-0.2, -0.15) is 0 Å². The van der Waals surface area contributed by atoms with Gasteiger partial charge in [-0.3, -0.25) is 9.69 Å². The van der Waals surface area contributed by atoms with E-state index in [-0.39, 0.29) is 5.91 Å². The van der Waals surface area contributed by atoms with Crippen LogP contribution in [-0.2, 0) is 4.79 Å². The molecule has 0 aromatic heterocycles. The van der Waals surface area contributed by atoms with Crippen molar-refractivity contribution in [1.82, 2.24) is 9.80 Å². The van der Waals surface area contributed by atoms with Crippen molar-refractivity contribution in [2.24, 2.45) is 0 Å². The van der Waals surface area contributed by atoms with Gasteiger partial charge >= 0.3 is 0 Å². The second-order valence-corrected chi connectivity index (χ2v) is 5.15. The van der Waals surface area contributed by atoms with Crippen LogP contribution >= 0.6 is 0 Å². The Bertz CT molecular complexity index is 263. The third-order valence-electron chi connectivity index (χ3n) is 3.74. The van der Waals surface area contributed by atoms with Gasteiger partial charge < -0.3 is 4.90 Å². The third kappa shape index (κ3) is 4.15. The number of hydrogen-bond donors (Lipinski definition) is 0. The maximum absolute atomic E-state index is 11.9. The van der Waals surface area contributed by atoms with Gasteiger partial charge in [0.15, 0.2) is 0 Å². The monoisotopic (exact) mass is 236 g/mol. The van der Waals surface area contributed by atoms with Crippen LogP contribution in [0.25, 0.3) is 0 Å². The van der Waals surface area contributed by atoms with Crippen LogP contribution in [0.5, 0.6) is 0 Å². The van der Waals surface area contributed by atoms with E-state index in [4.69, 9.17) is 0 Å². The highest BCUT2D eigenvalue weighted by atomic mass is 16.2. The van der Waals surface area contributed by atoms with Gasteiger partial charge in [0, 0.05) is 25.7 Å². The minimum absolute atomic E-state index is 0.210. The lowest BCUT2D eigenvalue weighted by Crippen LogP contribution is -2.34. The molecule has 0 saturated carbocycles. The molecule has 17 heavy (non-hydrogen) atoms. The first-order valence-electron chi connectivity index (χ1n) is 7.04. The standard InChI is InChI=1S/C14H24N2O/c17-14(16-12-5-2-6-13-16)8-7-11-15-9-3-1-4-10-15/h7-8H,1-6,9-13H2/b8-7+. The fourth-order valence-corrected chi connectivity index (χ4v) is 2.66. The SMILES string of the molecule is O=C(/C=C/CN1CCCCC1)N1CCCCC1. The molecule has 0 radical (unpaired) electrons. The van der Waals surface area contributed by atoms with Gasteiger partial charge in [-0.25, -0.2) is 0 Å². The maximum atomic E-state index is 11.9. The Morgan fingerprint density at radius 1 is 0.882 bits per heavy atom. The van der Waals surface area contributed by atoms with E-state index < -0.39 is 0 Å². The van der Waals surface area contributed by atoms with Crippen LogP contribution in [0, 0.1) is 0 Å². The highest BCUT2D eigenvalue weighted by Crippen LogP contribution is 2.10. The Hall–Kier alpha value is -0.830. The van der Waals surface area contributed by atoms with Crippen molar-refractivity contribution in [3.63, 3.8) is 0 Å². The zero-order chi connectivity index (χ0) is 11.9. The van der Waals surface area contributed by atoms with Gasteiger partial charge in [-0.15, -0.1) is 0 Å². The van der Waals surface area contributed by atoms with E-state index in [0.717, 1.165) is 19.6 Å². The molecule has 0 spiro atoms. The normalized spacial score (nSPS) is 23.2. The predicted molar refractivity (Wildman–Crippen MR) is 69.9 cm³/mol. The lowest BCUT2D eigenvalue weighted by molar-refractivity contribution is -0.126. The molecule has 3 heteroatoms. The zero-order valence-electron chi connectivity index (χ0n) is 10.7. The molecule has 2 aliphatic heterocycles. The van der Waals surface area contributed by atoms with Crippen molar-refractivity contribution in [1.29, 1.82) is 0 Å². The summed E-state index contributed by atoms with van der Waals surface area (Å²) in [4.78, 5) is 16.3. The van der Waals surface area contributed by atoms with Gasteiger partial charge in [-0.05, 0) is 45.2 Å². The molecule has 2 saturated heterocycles. The van der Waals surface area contributed by atoms with Crippen molar-refractivity contribution in [2.45, 2.75) is 38.5 Å². The van der Waals surface area contributed by atoms with E-state index in [1.165, 1.54) is 51.6 Å². The molecule has 2 rings (SSSR count). The van der Waals surface area contributed by atoms with E-state index in [9.17, 15) is 4.79 Å². The number of amides is 1. The average Bonchev–Trinajstić information content (AvgIpc) is 2.41. The maximum Gasteiger partial charge on any atom is 0.246 e. The molecule has 0 bridgehead atoms. The topological polar surface area (TPSA) is 23.6 Å². The summed E-state index contributed by atoms with van der Waals surface area (Å²) >= 11 is 0. The summed E-state index contributed by atoms with van der Waals surface area (Å²) < 4.78 is 0. The minimum atomic E-state index is 0.210. The van der Waals surface area contributed by atoms with Crippen molar-refractivity contribution in [2.75, 3.05) is 32.7 Å². The van der Waals surface area contributed by atoms with E-state index in [1.807, 2.05) is 11.0 Å². The lowest BCUT2D eigenvalue weighted by Gasteiger charge is -2.26. The number of piperidine rings is 2. The minimum Gasteiger partial charge on any atom is -0.339 e. The Morgan fingerprint density at radius 3 is 2.12 bits per heavy atom. The molecular formula is C14H24N2O. The number of nitrogens with zero attached hydrogens (tertiary/aromatic N) is 2. The summed E-state index contributed by atoms with van der Waals surface area (Å²) in [6.07, 6.45) is 11.4. The number of carbonyl (C=O) groups excluding carboxylic acids is 1. The zero-order valence-corrected chi connectivity index (χ0v) is 10.7. The van der Waals surface area contributed by atoms with Crippen molar-refractivity contribution >= 4 is 5.91 Å². The van der Waals surface area contributed by atoms with Crippen LogP contribution in [0.1, 0.15) is 38.5 Å². The van der Waals surface area contributed by atoms with E-state index in [1.54, 1.807) is 6.08 Å². The van der Waals surface area contributed by atoms with Crippen LogP contribution in [0.3, 0.4) is 0 Å². The van der Waals surface area contributed by atoms with Crippen molar-refractivity contribution < 1.29 is 4.79 Å². The van der Waals surface area contributed by atoms with Crippen LogP contribution in [-0.4, -0.2) is 48.4 Å². The number of likely N-dealkylation sites (tertiary alicyclic amines) is 2. The van der Waals surface area contributed by atoms with E-state index in [2.05, 4.69) is 4.90 Å². The highest BCUT2D eigenvalue weighted by molar-refractivity contribution is 5.87. The van der Waals surface area contributed by atoms with E-state index >= 15 is 0 Å². The average molecular weight is 236 g/mol. The first kappa shape index (κ1) is 12.6. The summed E-state index contributed by atoms with van der Waals surface area (Å²) in [7, 11) is 0. The molecule has 2 fully saturated rings. The largest absolute Gasteiger partial charge is 0.339 e. The molecule has 0 unspecified atom stereocenters. The molecule has 2 aliphatic rings. The van der Waals surface area contributed by atoms with Crippen molar-refractivity contribution in [3.8, 4) is 0 Å². The second kappa shape index (κ2) is 6.80. The van der Waals surface area contributed by atoms with Gasteiger partial charge in [-0.1, -0.05) is 12.5 Å². The summed E-state index contributed by atoms with van der Waals surface area (Å²) in [5, 5.41) is 0. The molecule has 0 aliphatic carbocycles. The Labute approximate surface area is 104 Å². The van der Waals surface area contributed by atoms with Crippen LogP contribution in [0.15, 0.2) is 12.2 Å². The molecule has 0 aromatic carbocycles. The van der Waals surface area contributed by atoms with Crippen LogP contribution in [0.4, 0.5) is 0 Å². The molecule has 1 amide bonds. The third-order valence-corrected chi connectivity index (χ3v) is 3.74.